The Kier molecular flexibility index (Phi) is 28.9. The summed E-state index contributed by atoms with van der Waals surface area (Å²) in [4.78, 5) is 47.2. The van der Waals surface area contributed by atoms with Crippen LogP contribution in [0.25, 0.3) is 0 Å². The molecule has 8 rings (SSSR count). The van der Waals surface area contributed by atoms with E-state index in [4.69, 9.17) is 59.2 Å². The van der Waals surface area contributed by atoms with Crippen LogP contribution in [0.3, 0.4) is 0 Å². The van der Waals surface area contributed by atoms with Crippen molar-refractivity contribution < 1.29 is 60.6 Å². The minimum atomic E-state index is -3.59. The Labute approximate surface area is 560 Å². The molecule has 2 fully saturated rings. The number of pyridine rings is 1. The maximum Gasteiger partial charge on any atom is 0.241 e. The molecule has 2 saturated heterocycles. The molecular formula is C69H99ClN10O13S. The lowest BCUT2D eigenvalue weighted by Crippen LogP contribution is -2.59. The summed E-state index contributed by atoms with van der Waals surface area (Å²) in [5, 5.41) is 12.5. The SMILES string of the molecule is COC[C@H]1CN[C@H](C)CN1CC(=O)N1CC(C)(C)c2ncc(Cc3cccc(OCCOCCOCCOCCOCCOCCOCCNC(=O)CN4CCC(c5cc(OC(C)C)c(Nc6ncc(Cl)c(Nc7ccccc7S(=O)(=O)C(C)C)n6)cc5C)CC4)c3)cc21. The first kappa shape index (κ1) is 73.7. The minimum Gasteiger partial charge on any atom is -0.491 e. The van der Waals surface area contributed by atoms with Crippen LogP contribution in [0.1, 0.15) is 95.2 Å². The smallest absolute Gasteiger partial charge is 0.241 e. The summed E-state index contributed by atoms with van der Waals surface area (Å²) in [7, 11) is -1.88. The molecule has 0 radical (unpaired) electrons. The average molecular weight is 1340 g/mol. The molecule has 3 aliphatic heterocycles. The molecule has 4 N–H and O–H groups in total. The fraction of sp³-hybridized carbons (Fsp3) is 0.580. The van der Waals surface area contributed by atoms with Crippen LogP contribution >= 0.6 is 11.6 Å². The molecule has 516 valence electrons. The molecular weight excluding hydrogens is 1240 g/mol. The molecule has 0 saturated carbocycles. The van der Waals surface area contributed by atoms with Crippen molar-refractivity contribution in [2.24, 2.45) is 0 Å². The lowest BCUT2D eigenvalue weighted by atomic mass is 9.86. The zero-order valence-electron chi connectivity index (χ0n) is 56.3. The minimum absolute atomic E-state index is 0.0363. The number of halogens is 1. The van der Waals surface area contributed by atoms with Crippen LogP contribution in [0.5, 0.6) is 11.5 Å². The van der Waals surface area contributed by atoms with Gasteiger partial charge in [-0.1, -0.05) is 49.7 Å². The monoisotopic (exact) mass is 1340 g/mol. The van der Waals surface area contributed by atoms with Crippen LogP contribution in [0.2, 0.25) is 5.02 Å². The summed E-state index contributed by atoms with van der Waals surface area (Å²) < 4.78 is 78.0. The first-order valence-corrected chi connectivity index (χ1v) is 34.8. The molecule has 94 heavy (non-hydrogen) atoms. The summed E-state index contributed by atoms with van der Waals surface area (Å²) in [6.45, 7) is 26.8. The van der Waals surface area contributed by atoms with E-state index in [0.29, 0.717) is 148 Å². The summed E-state index contributed by atoms with van der Waals surface area (Å²) >= 11 is 6.53. The van der Waals surface area contributed by atoms with Crippen molar-refractivity contribution in [1.82, 2.24) is 35.4 Å². The molecule has 5 aromatic rings. The number of ether oxygens (including phenoxy) is 9. The molecule has 2 aromatic heterocycles. The van der Waals surface area contributed by atoms with E-state index in [0.717, 1.165) is 72.8 Å². The highest BCUT2D eigenvalue weighted by molar-refractivity contribution is 7.92. The number of sulfone groups is 1. The second-order valence-corrected chi connectivity index (χ2v) is 28.2. The molecule has 0 unspecified atom stereocenters. The molecule has 2 amide bonds. The van der Waals surface area contributed by atoms with Gasteiger partial charge in [-0.05, 0) is 145 Å². The Balaban J connectivity index is 0.607. The van der Waals surface area contributed by atoms with Crippen LogP contribution < -0.4 is 35.6 Å². The van der Waals surface area contributed by atoms with Gasteiger partial charge in [-0.25, -0.2) is 13.4 Å². The number of anilines is 5. The predicted octanol–water partition coefficient (Wildman–Crippen LogP) is 8.29. The average Bonchev–Trinajstić information content (AvgIpc) is 1.58. The number of carbonyl (C=O) groups excluding carboxylic acids is 2. The predicted molar refractivity (Wildman–Crippen MR) is 365 cm³/mol. The molecule has 25 heteroatoms. The number of benzene rings is 3. The third kappa shape index (κ3) is 22.2. The number of carbonyl (C=O) groups is 2. The zero-order valence-corrected chi connectivity index (χ0v) is 57.9. The van der Waals surface area contributed by atoms with E-state index in [9.17, 15) is 18.0 Å². The third-order valence-corrected chi connectivity index (χ3v) is 19.0. The fourth-order valence-corrected chi connectivity index (χ4v) is 13.0. The summed E-state index contributed by atoms with van der Waals surface area (Å²) in [5.41, 5.74) is 7.04. The number of hydrogen-bond acceptors (Lipinski definition) is 21. The summed E-state index contributed by atoms with van der Waals surface area (Å²) in [5.74, 6) is 2.25. The van der Waals surface area contributed by atoms with E-state index >= 15 is 0 Å². The Morgan fingerprint density at radius 3 is 2.09 bits per heavy atom. The Morgan fingerprint density at radius 1 is 0.766 bits per heavy atom. The molecule has 0 bridgehead atoms. The van der Waals surface area contributed by atoms with Gasteiger partial charge in [0.1, 0.15) is 23.1 Å². The number of fused-ring (bicyclic) bond motifs is 1. The van der Waals surface area contributed by atoms with Crippen molar-refractivity contribution in [3.05, 3.63) is 112 Å². The maximum atomic E-state index is 13.9. The van der Waals surface area contributed by atoms with Crippen molar-refractivity contribution >= 4 is 62.1 Å². The number of aromatic nitrogens is 3. The highest BCUT2D eigenvalue weighted by Crippen LogP contribution is 2.41. The number of para-hydroxylation sites is 1. The van der Waals surface area contributed by atoms with Crippen molar-refractivity contribution in [3.63, 3.8) is 0 Å². The van der Waals surface area contributed by atoms with Crippen LogP contribution in [0.4, 0.5) is 28.8 Å². The Bertz CT molecular complexity index is 3320. The van der Waals surface area contributed by atoms with Crippen LogP contribution in [0.15, 0.2) is 84.0 Å². The number of nitrogens with one attached hydrogen (secondary N) is 4. The third-order valence-electron chi connectivity index (χ3n) is 16.5. The lowest BCUT2D eigenvalue weighted by Gasteiger charge is -2.39. The Morgan fingerprint density at radius 2 is 1.43 bits per heavy atom. The number of amides is 2. The Hall–Kier alpha value is -6.13. The second kappa shape index (κ2) is 36.8. The van der Waals surface area contributed by atoms with Gasteiger partial charge in [-0.2, -0.15) is 4.98 Å². The van der Waals surface area contributed by atoms with Crippen LogP contribution in [0, 0.1) is 6.92 Å². The molecule has 3 aromatic carbocycles. The molecule has 5 heterocycles. The molecule has 23 nitrogen and oxygen atoms in total. The van der Waals surface area contributed by atoms with Gasteiger partial charge >= 0.3 is 0 Å². The highest BCUT2D eigenvalue weighted by Gasteiger charge is 2.41. The van der Waals surface area contributed by atoms with Gasteiger partial charge in [0.25, 0.3) is 0 Å². The van der Waals surface area contributed by atoms with Gasteiger partial charge in [0, 0.05) is 57.0 Å². The van der Waals surface area contributed by atoms with Crippen LogP contribution in [-0.2, 0) is 64.4 Å². The van der Waals surface area contributed by atoms with Gasteiger partial charge in [0.2, 0.25) is 17.8 Å². The van der Waals surface area contributed by atoms with Gasteiger partial charge in [0.15, 0.2) is 15.7 Å². The van der Waals surface area contributed by atoms with E-state index in [1.165, 1.54) is 11.8 Å². The lowest BCUT2D eigenvalue weighted by molar-refractivity contribution is -0.123. The van der Waals surface area contributed by atoms with E-state index in [1.54, 1.807) is 45.2 Å². The molecule has 3 aliphatic rings. The number of piperidine rings is 1. The largest absolute Gasteiger partial charge is 0.491 e. The van der Waals surface area contributed by atoms with Crippen molar-refractivity contribution in [1.29, 1.82) is 0 Å². The number of nitrogens with zero attached hydrogens (tertiary/aromatic N) is 6. The van der Waals surface area contributed by atoms with Crippen LogP contribution in [-0.4, -0.2) is 220 Å². The van der Waals surface area contributed by atoms with Gasteiger partial charge in [0.05, 0.1) is 144 Å². The van der Waals surface area contributed by atoms with Gasteiger partial charge < -0.3 is 68.8 Å². The standard InChI is InChI=1S/C69H99ClN10O13S/c1-48(2)93-62-39-57(50(5)35-60(62)76-68-74-42-58(70)67(77-68)75-59-15-10-11-16-63(59)94(83,84)49(3)4)54-17-20-78(21-18-54)44-64(81)71-19-22-86-23-24-87-25-26-88-27-28-89-29-30-90-31-32-91-33-34-92-56-14-12-13-52(37-56)36-53-38-61-66(73-40-53)69(7,8)47-80(61)65(82)45-79-43-51(6)72-41-55(79)46-85-9/h10-16,35,37-40,42,48-49,51,54-55,72H,17-34,36,41,43-47H2,1-9H3,(H,71,81)(H2,74,75,76,77)/t51-,55-/m1/s1. The number of methoxy groups -OCH3 is 1. The van der Waals surface area contributed by atoms with Crippen molar-refractivity contribution in [2.75, 3.05) is 167 Å². The van der Waals surface area contributed by atoms with Crippen molar-refractivity contribution in [2.45, 2.75) is 114 Å². The second-order valence-electron chi connectivity index (χ2n) is 25.3. The highest BCUT2D eigenvalue weighted by atomic mass is 35.5. The van der Waals surface area contributed by atoms with E-state index in [2.05, 4.69) is 86.9 Å². The van der Waals surface area contributed by atoms with E-state index in [1.807, 2.05) is 49.2 Å². The summed E-state index contributed by atoms with van der Waals surface area (Å²) in [6.07, 6.45) is 5.72. The summed E-state index contributed by atoms with van der Waals surface area (Å²) in [6, 6.07) is 21.4. The molecule has 0 spiro atoms. The number of hydrogen-bond donors (Lipinski definition) is 4. The number of rotatable bonds is 39. The number of aryl methyl sites for hydroxylation is 1. The van der Waals surface area contributed by atoms with Gasteiger partial charge in [-0.3, -0.25) is 24.4 Å². The van der Waals surface area contributed by atoms with E-state index in [-0.39, 0.29) is 57.0 Å². The molecule has 0 aliphatic carbocycles. The topological polar surface area (TPSA) is 248 Å². The normalized spacial score (nSPS) is 17.0. The van der Waals surface area contributed by atoms with Gasteiger partial charge in [-0.15, -0.1) is 0 Å². The maximum absolute atomic E-state index is 13.9. The van der Waals surface area contributed by atoms with E-state index < -0.39 is 15.1 Å². The number of piperazine rings is 1. The first-order valence-electron chi connectivity index (χ1n) is 32.9. The molecule has 2 atom stereocenters. The quantitative estimate of drug-likeness (QED) is 0.0270. The van der Waals surface area contributed by atoms with Crippen molar-refractivity contribution in [3.8, 4) is 11.5 Å². The zero-order chi connectivity index (χ0) is 67.0. The first-order chi connectivity index (χ1) is 45.3. The fourth-order valence-electron chi connectivity index (χ4n) is 11.7. The number of likely N-dealkylation sites (tertiary alicyclic amines) is 1.